The fourth-order valence-corrected chi connectivity index (χ4v) is 3.14. The van der Waals surface area contributed by atoms with Crippen molar-refractivity contribution in [1.82, 2.24) is 5.32 Å². The quantitative estimate of drug-likeness (QED) is 0.275. The molecule has 2 rings (SSSR count). The molecule has 0 saturated carbocycles. The van der Waals surface area contributed by atoms with Crippen LogP contribution in [0.5, 0.6) is 0 Å². The maximum absolute atomic E-state index is 13.0. The minimum atomic E-state index is -1.09. The van der Waals surface area contributed by atoms with Gasteiger partial charge in [-0.3, -0.25) is 10.1 Å². The number of hydrogen-bond acceptors (Lipinski definition) is 8. The van der Waals surface area contributed by atoms with Gasteiger partial charge in [-0.25, -0.2) is 14.4 Å². The lowest BCUT2D eigenvalue weighted by atomic mass is 10.0. The van der Waals surface area contributed by atoms with Gasteiger partial charge >= 0.3 is 18.2 Å². The smallest absolute Gasteiger partial charge is 0.411 e. The van der Waals surface area contributed by atoms with E-state index >= 15 is 0 Å². The summed E-state index contributed by atoms with van der Waals surface area (Å²) in [6.45, 7) is 6.30. The molecule has 1 atom stereocenters. The number of amides is 3. The van der Waals surface area contributed by atoms with Gasteiger partial charge in [-0.2, -0.15) is 0 Å². The number of hydrogen-bond donors (Lipinski definition) is 4. The zero-order chi connectivity index (χ0) is 28.8. The molecule has 0 aliphatic heterocycles. The average Bonchev–Trinajstić information content (AvgIpc) is 2.86. The number of rotatable bonds is 13. The molecule has 3 amide bonds. The summed E-state index contributed by atoms with van der Waals surface area (Å²) in [5.41, 5.74) is 0.838. The fourth-order valence-electron chi connectivity index (χ4n) is 3.14. The van der Waals surface area contributed by atoms with Gasteiger partial charge in [-0.1, -0.05) is 12.1 Å². The van der Waals surface area contributed by atoms with E-state index in [2.05, 4.69) is 16.0 Å². The number of carboxylic acids is 1. The predicted octanol–water partition coefficient (Wildman–Crippen LogP) is 3.67. The molecule has 4 N–H and O–H groups in total. The van der Waals surface area contributed by atoms with Crippen LogP contribution in [0.1, 0.15) is 36.7 Å². The first-order valence-electron chi connectivity index (χ1n) is 12.2. The van der Waals surface area contributed by atoms with Gasteiger partial charge in [0.05, 0.1) is 25.4 Å². The largest absolute Gasteiger partial charge is 0.478 e. The number of ether oxygens (including phenoxy) is 4. The third-order valence-corrected chi connectivity index (χ3v) is 4.94. The van der Waals surface area contributed by atoms with E-state index in [4.69, 9.17) is 24.1 Å². The van der Waals surface area contributed by atoms with Crippen LogP contribution < -0.4 is 16.0 Å². The molecule has 0 aromatic heterocycles. The van der Waals surface area contributed by atoms with Crippen LogP contribution in [0, 0.1) is 0 Å². The van der Waals surface area contributed by atoms with Crippen LogP contribution in [0.15, 0.2) is 48.5 Å². The molecule has 0 aliphatic rings. The summed E-state index contributed by atoms with van der Waals surface area (Å²) in [6, 6.07) is 11.3. The minimum Gasteiger partial charge on any atom is -0.478 e. The van der Waals surface area contributed by atoms with Crippen molar-refractivity contribution in [2.75, 3.05) is 44.2 Å². The van der Waals surface area contributed by atoms with Crippen LogP contribution in [0.25, 0.3) is 0 Å². The molecule has 0 aliphatic carbocycles. The number of carboxylic acid groups (broad SMARTS) is 1. The number of carbonyl (C=O) groups excluding carboxylic acids is 3. The molecular weight excluding hydrogens is 510 g/mol. The molecular formula is C27H35N3O9. The fraction of sp³-hybridized carbons (Fsp3) is 0.407. The van der Waals surface area contributed by atoms with Gasteiger partial charge in [0.25, 0.3) is 0 Å². The molecule has 2 aromatic carbocycles. The maximum atomic E-state index is 13.0. The van der Waals surface area contributed by atoms with Crippen molar-refractivity contribution in [3.8, 4) is 0 Å². The summed E-state index contributed by atoms with van der Waals surface area (Å²) in [5, 5.41) is 16.9. The van der Waals surface area contributed by atoms with E-state index in [-0.39, 0.29) is 25.2 Å². The third kappa shape index (κ3) is 12.3. The molecule has 0 fully saturated rings. The van der Waals surface area contributed by atoms with Crippen LogP contribution in [0.3, 0.4) is 0 Å². The normalized spacial score (nSPS) is 11.7. The number of anilines is 2. The highest BCUT2D eigenvalue weighted by Gasteiger charge is 2.25. The second-order valence-electron chi connectivity index (χ2n) is 9.34. The Labute approximate surface area is 227 Å². The first-order chi connectivity index (χ1) is 18.5. The predicted molar refractivity (Wildman–Crippen MR) is 143 cm³/mol. The molecule has 0 radical (unpaired) electrons. The highest BCUT2D eigenvalue weighted by molar-refractivity contribution is 5.97. The molecule has 39 heavy (non-hydrogen) atoms. The lowest BCUT2D eigenvalue weighted by Crippen LogP contribution is -2.47. The van der Waals surface area contributed by atoms with E-state index in [0.29, 0.717) is 30.2 Å². The minimum absolute atomic E-state index is 0.0735. The number of nitrogens with one attached hydrogen (secondary N) is 3. The van der Waals surface area contributed by atoms with Gasteiger partial charge in [-0.15, -0.1) is 0 Å². The summed E-state index contributed by atoms with van der Waals surface area (Å²) in [4.78, 5) is 48.5. The molecule has 0 bridgehead atoms. The molecule has 212 valence electrons. The second kappa shape index (κ2) is 15.3. The maximum Gasteiger partial charge on any atom is 0.411 e. The number of aromatic carboxylic acids is 1. The van der Waals surface area contributed by atoms with Gasteiger partial charge in [0.15, 0.2) is 0 Å². The molecule has 12 nitrogen and oxygen atoms in total. The first kappa shape index (κ1) is 31.1. The Morgan fingerprint density at radius 1 is 0.821 bits per heavy atom. The summed E-state index contributed by atoms with van der Waals surface area (Å²) in [5.74, 6) is -1.61. The van der Waals surface area contributed by atoms with E-state index < -0.39 is 35.7 Å². The topological polar surface area (TPSA) is 162 Å². The molecule has 12 heteroatoms. The van der Waals surface area contributed by atoms with E-state index in [1.807, 2.05) is 0 Å². The number of carbonyl (C=O) groups is 4. The Hall–Kier alpha value is -4.16. The number of benzene rings is 2. The zero-order valence-corrected chi connectivity index (χ0v) is 22.4. The van der Waals surface area contributed by atoms with Crippen molar-refractivity contribution < 1.29 is 43.2 Å². The summed E-state index contributed by atoms with van der Waals surface area (Å²) in [7, 11) is 1.56. The van der Waals surface area contributed by atoms with Crippen molar-refractivity contribution in [1.29, 1.82) is 0 Å². The van der Waals surface area contributed by atoms with E-state index in [0.717, 1.165) is 0 Å². The van der Waals surface area contributed by atoms with E-state index in [9.17, 15) is 19.2 Å². The highest BCUT2D eigenvalue weighted by atomic mass is 16.6. The molecule has 0 spiro atoms. The van der Waals surface area contributed by atoms with Crippen LogP contribution in [-0.4, -0.2) is 74.3 Å². The van der Waals surface area contributed by atoms with Crippen molar-refractivity contribution in [3.63, 3.8) is 0 Å². The van der Waals surface area contributed by atoms with Crippen LogP contribution in [0.2, 0.25) is 0 Å². The summed E-state index contributed by atoms with van der Waals surface area (Å²) in [6.07, 6.45) is -1.30. The average molecular weight is 546 g/mol. The Kier molecular flexibility index (Phi) is 12.2. The van der Waals surface area contributed by atoms with Gasteiger partial charge in [0.1, 0.15) is 18.2 Å². The third-order valence-electron chi connectivity index (χ3n) is 4.94. The van der Waals surface area contributed by atoms with Gasteiger partial charge in [-0.05, 0) is 62.7 Å². The van der Waals surface area contributed by atoms with E-state index in [1.165, 1.54) is 24.3 Å². The summed E-state index contributed by atoms with van der Waals surface area (Å²) < 4.78 is 20.4. The molecule has 0 heterocycles. The Morgan fingerprint density at radius 2 is 1.41 bits per heavy atom. The second-order valence-corrected chi connectivity index (χ2v) is 9.34. The van der Waals surface area contributed by atoms with Crippen molar-refractivity contribution in [2.45, 2.75) is 38.8 Å². The highest BCUT2D eigenvalue weighted by Crippen LogP contribution is 2.15. The zero-order valence-electron chi connectivity index (χ0n) is 22.4. The van der Waals surface area contributed by atoms with Gasteiger partial charge in [0.2, 0.25) is 5.91 Å². The monoisotopic (exact) mass is 545 g/mol. The van der Waals surface area contributed by atoms with Crippen LogP contribution in [0.4, 0.5) is 21.0 Å². The van der Waals surface area contributed by atoms with Gasteiger partial charge < -0.3 is 34.7 Å². The molecule has 0 saturated heterocycles. The molecule has 2 aromatic rings. The standard InChI is InChI=1S/C27H35N3O9/c1-27(2,3)39-26(35)30-22(23(31)28-20-11-7-19(8-12-20)24(32)33)17-18-5-9-21(10-6-18)29-25(34)38-16-15-37-14-13-36-4/h5-12,22H,13-17H2,1-4H3,(H,28,31)(H,29,34)(H,30,35)(H,32,33). The Morgan fingerprint density at radius 3 is 2.00 bits per heavy atom. The van der Waals surface area contributed by atoms with E-state index in [1.54, 1.807) is 52.1 Å². The van der Waals surface area contributed by atoms with Crippen LogP contribution >= 0.6 is 0 Å². The summed E-state index contributed by atoms with van der Waals surface area (Å²) >= 11 is 0. The Bertz CT molecular complexity index is 1100. The first-order valence-corrected chi connectivity index (χ1v) is 12.2. The number of alkyl carbamates (subject to hydrolysis) is 1. The van der Waals surface area contributed by atoms with Crippen molar-refractivity contribution in [3.05, 3.63) is 59.7 Å². The van der Waals surface area contributed by atoms with Crippen molar-refractivity contribution >= 4 is 35.4 Å². The lowest BCUT2D eigenvalue weighted by Gasteiger charge is -2.23. The SMILES string of the molecule is COCCOCCOC(=O)Nc1ccc(CC(NC(=O)OC(C)(C)C)C(=O)Nc2ccc(C(=O)O)cc2)cc1. The van der Waals surface area contributed by atoms with Crippen molar-refractivity contribution in [2.24, 2.45) is 0 Å². The number of methoxy groups -OCH3 is 1. The molecule has 1 unspecified atom stereocenters. The van der Waals surface area contributed by atoms with Crippen LogP contribution in [-0.2, 0) is 30.2 Å². The lowest BCUT2D eigenvalue weighted by molar-refractivity contribution is -0.118. The Balaban J connectivity index is 2.01. The van der Waals surface area contributed by atoms with Gasteiger partial charge in [0, 0.05) is 24.9 Å².